The van der Waals surface area contributed by atoms with Gasteiger partial charge in [-0.2, -0.15) is 0 Å². The second-order valence-corrected chi connectivity index (χ2v) is 6.79. The molecule has 4 aromatic rings. The average Bonchev–Trinajstić information content (AvgIpc) is 3.16. The first-order valence-electron chi connectivity index (χ1n) is 8.34. The lowest BCUT2D eigenvalue weighted by Gasteiger charge is -2.08. The summed E-state index contributed by atoms with van der Waals surface area (Å²) in [5, 5.41) is 11.8. The molecule has 0 saturated carbocycles. The molecule has 0 spiro atoms. The minimum absolute atomic E-state index is 0.0733. The highest BCUT2D eigenvalue weighted by Crippen LogP contribution is 2.24. The summed E-state index contributed by atoms with van der Waals surface area (Å²) in [6, 6.07) is 15.7. The number of benzene rings is 2. The highest BCUT2D eigenvalue weighted by molar-refractivity contribution is 8.00. The Morgan fingerprint density at radius 1 is 1.19 bits per heavy atom. The third-order valence-corrected chi connectivity index (χ3v) is 5.02. The third kappa shape index (κ3) is 3.25. The highest BCUT2D eigenvalue weighted by Gasteiger charge is 2.12. The van der Waals surface area contributed by atoms with Gasteiger partial charge in [-0.25, -0.2) is 4.98 Å². The van der Waals surface area contributed by atoms with Gasteiger partial charge in [-0.3, -0.25) is 9.20 Å². The first-order valence-corrected chi connectivity index (χ1v) is 9.33. The SMILES string of the molecule is CCc1cccc(NC(=O)CSc2nc3ccccc3n3cnnc23)c1. The van der Waals surface area contributed by atoms with Crippen molar-refractivity contribution in [1.29, 1.82) is 0 Å². The van der Waals surface area contributed by atoms with Crippen molar-refractivity contribution in [2.45, 2.75) is 18.4 Å². The summed E-state index contributed by atoms with van der Waals surface area (Å²) in [6.45, 7) is 2.09. The lowest BCUT2D eigenvalue weighted by atomic mass is 10.1. The van der Waals surface area contributed by atoms with Gasteiger partial charge in [-0.15, -0.1) is 10.2 Å². The minimum atomic E-state index is -0.0733. The molecule has 0 aliphatic heterocycles. The Balaban J connectivity index is 1.53. The second kappa shape index (κ2) is 7.13. The van der Waals surface area contributed by atoms with Crippen molar-refractivity contribution in [3.63, 3.8) is 0 Å². The number of carbonyl (C=O) groups excluding carboxylic acids is 1. The number of amides is 1. The zero-order valence-electron chi connectivity index (χ0n) is 14.2. The maximum atomic E-state index is 12.3. The molecule has 2 heterocycles. The molecule has 0 atom stereocenters. The van der Waals surface area contributed by atoms with Crippen LogP contribution in [0.5, 0.6) is 0 Å². The number of hydrogen-bond donors (Lipinski definition) is 1. The van der Waals surface area contributed by atoms with Crippen LogP contribution in [0, 0.1) is 0 Å². The predicted octanol–water partition coefficient (Wildman–Crippen LogP) is 3.57. The number of aryl methyl sites for hydroxylation is 1. The van der Waals surface area contributed by atoms with Crippen LogP contribution in [0.2, 0.25) is 0 Å². The van der Waals surface area contributed by atoms with Gasteiger partial charge in [0.2, 0.25) is 5.91 Å². The third-order valence-electron chi connectivity index (χ3n) is 4.06. The van der Waals surface area contributed by atoms with Crippen LogP contribution in [0.15, 0.2) is 59.9 Å². The number of fused-ring (bicyclic) bond motifs is 3. The molecule has 0 fully saturated rings. The second-order valence-electron chi connectivity index (χ2n) is 5.82. The van der Waals surface area contributed by atoms with E-state index < -0.39 is 0 Å². The van der Waals surface area contributed by atoms with E-state index in [9.17, 15) is 4.79 Å². The van der Waals surface area contributed by atoms with Gasteiger partial charge in [-0.05, 0) is 36.2 Å². The zero-order chi connectivity index (χ0) is 17.9. The summed E-state index contributed by atoms with van der Waals surface area (Å²) in [5.74, 6) is 0.181. The van der Waals surface area contributed by atoms with Gasteiger partial charge >= 0.3 is 0 Å². The van der Waals surface area contributed by atoms with Gasteiger partial charge in [0.1, 0.15) is 11.4 Å². The number of hydrogen-bond acceptors (Lipinski definition) is 5. The van der Waals surface area contributed by atoms with Crippen LogP contribution in [0.3, 0.4) is 0 Å². The van der Waals surface area contributed by atoms with Gasteiger partial charge in [-0.1, -0.05) is 43.0 Å². The van der Waals surface area contributed by atoms with Gasteiger partial charge in [0.25, 0.3) is 0 Å². The number of anilines is 1. The van der Waals surface area contributed by atoms with Crippen LogP contribution in [0.25, 0.3) is 16.7 Å². The molecule has 4 rings (SSSR count). The summed E-state index contributed by atoms with van der Waals surface area (Å²) in [5.41, 5.74) is 4.45. The summed E-state index contributed by atoms with van der Waals surface area (Å²) in [4.78, 5) is 17.0. The predicted molar refractivity (Wildman–Crippen MR) is 103 cm³/mol. The van der Waals surface area contributed by atoms with Crippen LogP contribution in [0.1, 0.15) is 12.5 Å². The molecule has 26 heavy (non-hydrogen) atoms. The Kier molecular flexibility index (Phi) is 4.53. The fraction of sp³-hybridized carbons (Fsp3) is 0.158. The fourth-order valence-electron chi connectivity index (χ4n) is 2.78. The number of carbonyl (C=O) groups is 1. The van der Waals surface area contributed by atoms with E-state index in [1.165, 1.54) is 17.3 Å². The molecule has 1 amide bonds. The van der Waals surface area contributed by atoms with Crippen molar-refractivity contribution in [2.24, 2.45) is 0 Å². The van der Waals surface area contributed by atoms with E-state index in [2.05, 4.69) is 27.4 Å². The molecule has 1 N–H and O–H groups in total. The van der Waals surface area contributed by atoms with E-state index in [1.54, 1.807) is 6.33 Å². The average molecular weight is 363 g/mol. The van der Waals surface area contributed by atoms with Crippen molar-refractivity contribution in [3.05, 3.63) is 60.4 Å². The maximum Gasteiger partial charge on any atom is 0.234 e. The summed E-state index contributed by atoms with van der Waals surface area (Å²) in [6.07, 6.45) is 2.60. The van der Waals surface area contributed by atoms with E-state index in [4.69, 9.17) is 0 Å². The van der Waals surface area contributed by atoms with E-state index in [1.807, 2.05) is 52.9 Å². The normalized spacial score (nSPS) is 11.1. The Morgan fingerprint density at radius 2 is 2.08 bits per heavy atom. The van der Waals surface area contributed by atoms with Crippen molar-refractivity contribution >= 4 is 40.0 Å². The lowest BCUT2D eigenvalue weighted by molar-refractivity contribution is -0.113. The topological polar surface area (TPSA) is 72.2 Å². The van der Waals surface area contributed by atoms with Crippen LogP contribution < -0.4 is 5.32 Å². The van der Waals surface area contributed by atoms with E-state index in [-0.39, 0.29) is 11.7 Å². The Bertz CT molecular complexity index is 1090. The quantitative estimate of drug-likeness (QED) is 0.549. The lowest BCUT2D eigenvalue weighted by Crippen LogP contribution is -2.14. The largest absolute Gasteiger partial charge is 0.325 e. The number of rotatable bonds is 5. The molecular weight excluding hydrogens is 346 g/mol. The van der Waals surface area contributed by atoms with Crippen molar-refractivity contribution in [2.75, 3.05) is 11.1 Å². The zero-order valence-corrected chi connectivity index (χ0v) is 15.0. The number of nitrogens with zero attached hydrogens (tertiary/aromatic N) is 4. The number of para-hydroxylation sites is 2. The smallest absolute Gasteiger partial charge is 0.234 e. The van der Waals surface area contributed by atoms with E-state index >= 15 is 0 Å². The van der Waals surface area contributed by atoms with Gasteiger partial charge in [0.05, 0.1) is 16.8 Å². The monoisotopic (exact) mass is 363 g/mol. The molecule has 0 bridgehead atoms. The van der Waals surface area contributed by atoms with E-state index in [0.29, 0.717) is 10.7 Å². The summed E-state index contributed by atoms with van der Waals surface area (Å²) < 4.78 is 1.90. The molecule has 0 aliphatic carbocycles. The number of aromatic nitrogens is 4. The molecule has 0 radical (unpaired) electrons. The standard InChI is InChI=1S/C19H17N5OS/c1-2-13-6-5-7-14(10-13)21-17(25)11-26-19-18-23-20-12-24(18)16-9-4-3-8-15(16)22-19/h3-10,12H,2,11H2,1H3,(H,21,25). The van der Waals surface area contributed by atoms with Crippen molar-refractivity contribution in [1.82, 2.24) is 19.6 Å². The van der Waals surface area contributed by atoms with Crippen molar-refractivity contribution < 1.29 is 4.79 Å². The molecule has 2 aromatic heterocycles. The van der Waals surface area contributed by atoms with Gasteiger partial charge in [0.15, 0.2) is 5.65 Å². The minimum Gasteiger partial charge on any atom is -0.325 e. The molecule has 130 valence electrons. The van der Waals surface area contributed by atoms with Crippen LogP contribution in [-0.4, -0.2) is 31.2 Å². The first kappa shape index (κ1) is 16.5. The number of nitrogens with one attached hydrogen (secondary N) is 1. The van der Waals surface area contributed by atoms with Crippen molar-refractivity contribution in [3.8, 4) is 0 Å². The highest BCUT2D eigenvalue weighted by atomic mass is 32.2. The molecule has 0 saturated heterocycles. The summed E-state index contributed by atoms with van der Waals surface area (Å²) in [7, 11) is 0. The van der Waals surface area contributed by atoms with Crippen LogP contribution in [-0.2, 0) is 11.2 Å². The summed E-state index contributed by atoms with van der Waals surface area (Å²) >= 11 is 1.36. The Hall–Kier alpha value is -2.93. The Morgan fingerprint density at radius 3 is 2.96 bits per heavy atom. The molecule has 0 aliphatic rings. The molecule has 7 heteroatoms. The molecule has 0 unspecified atom stereocenters. The molecule has 2 aromatic carbocycles. The van der Waals surface area contributed by atoms with Crippen LogP contribution in [0.4, 0.5) is 5.69 Å². The molecular formula is C19H17N5OS. The van der Waals surface area contributed by atoms with Gasteiger partial charge < -0.3 is 5.32 Å². The van der Waals surface area contributed by atoms with Crippen LogP contribution >= 0.6 is 11.8 Å². The fourth-order valence-corrected chi connectivity index (χ4v) is 3.55. The molecule has 6 nitrogen and oxygen atoms in total. The van der Waals surface area contributed by atoms with Gasteiger partial charge in [0, 0.05) is 5.69 Å². The Labute approximate surface area is 154 Å². The first-order chi connectivity index (χ1) is 12.7. The number of thioether (sulfide) groups is 1. The maximum absolute atomic E-state index is 12.3. The van der Waals surface area contributed by atoms with E-state index in [0.717, 1.165) is 23.1 Å².